The zero-order valence-corrected chi connectivity index (χ0v) is 17.7. The molecule has 0 aliphatic rings. The van der Waals surface area contributed by atoms with E-state index < -0.39 is 14.1 Å². The van der Waals surface area contributed by atoms with Gasteiger partial charge >= 0.3 is 103 Å². The zero-order chi connectivity index (χ0) is 12.0. The standard InChI is InChI=1S/C10H13O5P.2K/c1-9(15-16(11,12)13)14-8-7-10-5-3-2-4-6-10;;/h2-9H,1H3,(H2,11,12,13);;/q;2*+1/p-2. The Bertz CT molecular complexity index is 393. The van der Waals surface area contributed by atoms with Gasteiger partial charge in [-0.15, -0.1) is 0 Å². The maximum absolute atomic E-state index is 10.2. The SMILES string of the molecule is CC(OC=Cc1ccccc1)OP(=O)([O-])[O-].[K+].[K+]. The summed E-state index contributed by atoms with van der Waals surface area (Å²) in [6.45, 7) is 1.32. The Balaban J connectivity index is 0. The van der Waals surface area contributed by atoms with Crippen molar-refractivity contribution in [2.45, 2.75) is 13.2 Å². The number of hydrogen-bond donors (Lipinski definition) is 0. The first-order chi connectivity index (χ1) is 7.47. The third-order valence-corrected chi connectivity index (χ3v) is 2.16. The van der Waals surface area contributed by atoms with E-state index in [4.69, 9.17) is 4.74 Å². The van der Waals surface area contributed by atoms with Crippen molar-refractivity contribution in [2.75, 3.05) is 0 Å². The van der Waals surface area contributed by atoms with Gasteiger partial charge in [-0.1, -0.05) is 30.3 Å². The zero-order valence-electron chi connectivity index (χ0n) is 10.6. The van der Waals surface area contributed by atoms with Crippen LogP contribution in [0.1, 0.15) is 12.5 Å². The number of phosphoric ester groups is 1. The predicted octanol–water partition coefficient (Wildman–Crippen LogP) is -5.13. The molecule has 0 N–H and O–H groups in total. The van der Waals surface area contributed by atoms with Crippen molar-refractivity contribution in [1.82, 2.24) is 0 Å². The van der Waals surface area contributed by atoms with Crippen LogP contribution in [-0.4, -0.2) is 6.29 Å². The molecule has 0 radical (unpaired) electrons. The van der Waals surface area contributed by atoms with E-state index in [2.05, 4.69) is 4.52 Å². The Kier molecular flexibility index (Phi) is 14.7. The molecule has 0 saturated carbocycles. The summed E-state index contributed by atoms with van der Waals surface area (Å²) in [6, 6.07) is 9.26. The Hall–Kier alpha value is 2.14. The Morgan fingerprint density at radius 2 is 1.78 bits per heavy atom. The molecule has 18 heavy (non-hydrogen) atoms. The fraction of sp³-hybridized carbons (Fsp3) is 0.200. The molecule has 8 heteroatoms. The number of benzene rings is 1. The second-order valence-electron chi connectivity index (χ2n) is 2.97. The first kappa shape index (κ1) is 22.4. The molecular formula is C10H11K2O5P. The van der Waals surface area contributed by atoms with Crippen LogP contribution in [0.4, 0.5) is 0 Å². The fourth-order valence-electron chi connectivity index (χ4n) is 0.999. The van der Waals surface area contributed by atoms with Crippen LogP contribution in [0.3, 0.4) is 0 Å². The molecule has 0 aliphatic carbocycles. The molecular weight excluding hydrogens is 309 g/mol. The largest absolute Gasteiger partial charge is 1.00 e. The van der Waals surface area contributed by atoms with Gasteiger partial charge in [-0.3, -0.25) is 0 Å². The summed E-state index contributed by atoms with van der Waals surface area (Å²) < 4.78 is 19.1. The summed E-state index contributed by atoms with van der Waals surface area (Å²) in [7, 11) is -4.99. The second kappa shape index (κ2) is 11.8. The van der Waals surface area contributed by atoms with Crippen LogP contribution in [0.25, 0.3) is 6.08 Å². The van der Waals surface area contributed by atoms with E-state index in [-0.39, 0.29) is 103 Å². The summed E-state index contributed by atoms with van der Waals surface area (Å²) in [5, 5.41) is 0. The van der Waals surface area contributed by atoms with E-state index >= 15 is 0 Å². The summed E-state index contributed by atoms with van der Waals surface area (Å²) >= 11 is 0. The molecule has 88 valence electrons. The van der Waals surface area contributed by atoms with Crippen molar-refractivity contribution in [3.05, 3.63) is 42.2 Å². The van der Waals surface area contributed by atoms with Crippen molar-refractivity contribution >= 4 is 13.9 Å². The van der Waals surface area contributed by atoms with Gasteiger partial charge in [-0.05, 0) is 18.6 Å². The van der Waals surface area contributed by atoms with Gasteiger partial charge < -0.3 is 23.6 Å². The van der Waals surface area contributed by atoms with Gasteiger partial charge in [0.1, 0.15) is 0 Å². The summed E-state index contributed by atoms with van der Waals surface area (Å²) in [5.74, 6) is 0. The van der Waals surface area contributed by atoms with Crippen molar-refractivity contribution in [3.63, 3.8) is 0 Å². The maximum atomic E-state index is 10.2. The smallest absolute Gasteiger partial charge is 0.790 e. The second-order valence-corrected chi connectivity index (χ2v) is 4.08. The summed E-state index contributed by atoms with van der Waals surface area (Å²) in [5.41, 5.74) is 0.891. The van der Waals surface area contributed by atoms with Crippen molar-refractivity contribution < 1.29 is 126 Å². The first-order valence-corrected chi connectivity index (χ1v) is 6.01. The average Bonchev–Trinajstić information content (AvgIpc) is 2.16. The summed E-state index contributed by atoms with van der Waals surface area (Å²) in [6.07, 6.45) is 1.77. The first-order valence-electron chi connectivity index (χ1n) is 4.55. The molecule has 1 atom stereocenters. The van der Waals surface area contributed by atoms with Gasteiger partial charge in [0, 0.05) is 0 Å². The van der Waals surface area contributed by atoms with Crippen molar-refractivity contribution in [1.29, 1.82) is 0 Å². The van der Waals surface area contributed by atoms with Crippen LogP contribution in [-0.2, 0) is 13.8 Å². The minimum Gasteiger partial charge on any atom is -0.790 e. The van der Waals surface area contributed by atoms with Crippen LogP contribution >= 0.6 is 7.82 Å². The molecule has 0 spiro atoms. The van der Waals surface area contributed by atoms with E-state index in [0.29, 0.717) is 0 Å². The predicted molar refractivity (Wildman–Crippen MR) is 54.7 cm³/mol. The minimum absolute atomic E-state index is 0. The minimum atomic E-state index is -4.99. The number of ether oxygens (including phenoxy) is 1. The Morgan fingerprint density at radius 1 is 1.22 bits per heavy atom. The number of rotatable bonds is 5. The van der Waals surface area contributed by atoms with Gasteiger partial charge in [-0.25, -0.2) is 0 Å². The topological polar surface area (TPSA) is 81.7 Å². The van der Waals surface area contributed by atoms with E-state index in [9.17, 15) is 14.4 Å². The van der Waals surface area contributed by atoms with E-state index in [1.165, 1.54) is 13.2 Å². The average molecular weight is 320 g/mol. The molecule has 0 amide bonds. The normalized spacial score (nSPS) is 12.4. The monoisotopic (exact) mass is 320 g/mol. The van der Waals surface area contributed by atoms with Gasteiger partial charge in [0.2, 0.25) is 0 Å². The molecule has 0 bridgehead atoms. The summed E-state index contributed by atoms with van der Waals surface area (Å²) in [4.78, 5) is 20.4. The quantitative estimate of drug-likeness (QED) is 0.235. The van der Waals surface area contributed by atoms with Crippen LogP contribution in [0.15, 0.2) is 36.6 Å². The molecule has 0 aliphatic heterocycles. The number of phosphoric acid groups is 1. The fourth-order valence-corrected chi connectivity index (χ4v) is 1.41. The third kappa shape index (κ3) is 11.9. The van der Waals surface area contributed by atoms with Gasteiger partial charge in [0.15, 0.2) is 6.29 Å². The molecule has 5 nitrogen and oxygen atoms in total. The Labute approximate surface area is 191 Å². The van der Waals surface area contributed by atoms with E-state index in [0.717, 1.165) is 5.56 Å². The van der Waals surface area contributed by atoms with Crippen LogP contribution in [0.2, 0.25) is 0 Å². The van der Waals surface area contributed by atoms with Gasteiger partial charge in [0.25, 0.3) is 0 Å². The van der Waals surface area contributed by atoms with Crippen LogP contribution < -0.4 is 113 Å². The van der Waals surface area contributed by atoms with E-state index in [1.807, 2.05) is 30.3 Å². The third-order valence-electron chi connectivity index (χ3n) is 1.61. The maximum Gasteiger partial charge on any atom is 1.00 e. The molecule has 1 unspecified atom stereocenters. The van der Waals surface area contributed by atoms with E-state index in [1.54, 1.807) is 6.08 Å². The molecule has 0 heterocycles. The molecule has 0 aromatic heterocycles. The van der Waals surface area contributed by atoms with Crippen molar-refractivity contribution in [2.24, 2.45) is 0 Å². The molecule has 1 aromatic rings. The van der Waals surface area contributed by atoms with Crippen LogP contribution in [0.5, 0.6) is 0 Å². The number of hydrogen-bond acceptors (Lipinski definition) is 5. The molecule has 1 aromatic carbocycles. The Morgan fingerprint density at radius 3 is 2.28 bits per heavy atom. The molecule has 1 rings (SSSR count). The molecule has 0 fully saturated rings. The van der Waals surface area contributed by atoms with Crippen molar-refractivity contribution in [3.8, 4) is 0 Å². The van der Waals surface area contributed by atoms with Gasteiger partial charge in [-0.2, -0.15) is 0 Å². The van der Waals surface area contributed by atoms with Crippen LogP contribution in [0, 0.1) is 0 Å². The molecule has 0 saturated heterocycles. The van der Waals surface area contributed by atoms with Gasteiger partial charge in [0.05, 0.1) is 14.1 Å².